The number of rotatable bonds is 6. The van der Waals surface area contributed by atoms with E-state index in [0.717, 1.165) is 43.7 Å². The van der Waals surface area contributed by atoms with Gasteiger partial charge >= 0.3 is 0 Å². The highest BCUT2D eigenvalue weighted by atomic mass is 16.5. The number of nitrogens with one attached hydrogen (secondary N) is 1. The van der Waals surface area contributed by atoms with Crippen LogP contribution in [0.4, 0.5) is 0 Å². The Hall–Kier alpha value is -2.08. The maximum atomic E-state index is 12.4. The van der Waals surface area contributed by atoms with Crippen molar-refractivity contribution in [1.29, 1.82) is 0 Å². The van der Waals surface area contributed by atoms with Gasteiger partial charge in [-0.05, 0) is 43.9 Å². The van der Waals surface area contributed by atoms with Crippen molar-refractivity contribution in [2.75, 3.05) is 33.3 Å². The minimum Gasteiger partial charge on any atom is -0.497 e. The Morgan fingerprint density at radius 3 is 2.80 bits per heavy atom. The van der Waals surface area contributed by atoms with Crippen molar-refractivity contribution in [3.05, 3.63) is 29.8 Å². The predicted octanol–water partition coefficient (Wildman–Crippen LogP) is 1.05. The van der Waals surface area contributed by atoms with Crippen molar-refractivity contribution in [3.63, 3.8) is 0 Å². The molecule has 136 valence electrons. The molecule has 6 heteroatoms. The second kappa shape index (κ2) is 7.87. The molecule has 0 spiro atoms. The lowest BCUT2D eigenvalue weighted by atomic mass is 10.1. The number of methoxy groups -OCH3 is 1. The molecule has 0 aliphatic carbocycles. The lowest BCUT2D eigenvalue weighted by Crippen LogP contribution is -2.60. The van der Waals surface area contributed by atoms with Gasteiger partial charge in [-0.3, -0.25) is 14.5 Å². The molecule has 2 atom stereocenters. The van der Waals surface area contributed by atoms with E-state index in [1.54, 1.807) is 7.11 Å². The van der Waals surface area contributed by atoms with E-state index < -0.39 is 0 Å². The molecule has 1 N–H and O–H groups in total. The molecular formula is C19H27N3O3. The predicted molar refractivity (Wildman–Crippen MR) is 95.5 cm³/mol. The number of carbonyl (C=O) groups is 2. The van der Waals surface area contributed by atoms with Crippen LogP contribution in [-0.2, 0) is 16.0 Å². The second-order valence-electron chi connectivity index (χ2n) is 6.88. The number of carbonyl (C=O) groups excluding carboxylic acids is 2. The largest absolute Gasteiger partial charge is 0.497 e. The van der Waals surface area contributed by atoms with Crippen LogP contribution in [-0.4, -0.2) is 67.0 Å². The van der Waals surface area contributed by atoms with E-state index in [-0.39, 0.29) is 23.9 Å². The third-order valence-electron chi connectivity index (χ3n) is 5.25. The normalized spacial score (nSPS) is 23.4. The van der Waals surface area contributed by atoms with Gasteiger partial charge in [0.15, 0.2) is 0 Å². The summed E-state index contributed by atoms with van der Waals surface area (Å²) in [5, 5.41) is 2.97. The van der Waals surface area contributed by atoms with E-state index in [0.29, 0.717) is 13.1 Å². The van der Waals surface area contributed by atoms with Gasteiger partial charge in [0, 0.05) is 25.7 Å². The van der Waals surface area contributed by atoms with Gasteiger partial charge in [0.1, 0.15) is 5.75 Å². The molecule has 2 amide bonds. The van der Waals surface area contributed by atoms with Gasteiger partial charge < -0.3 is 15.0 Å². The molecule has 2 saturated heterocycles. The number of benzene rings is 1. The van der Waals surface area contributed by atoms with E-state index in [1.165, 1.54) is 0 Å². The minimum atomic E-state index is -0.207. The molecule has 3 rings (SSSR count). The number of nitrogens with zero attached hydrogens (tertiary/aromatic N) is 2. The van der Waals surface area contributed by atoms with Crippen molar-refractivity contribution in [1.82, 2.24) is 15.1 Å². The first-order chi connectivity index (χ1) is 12.1. The molecule has 1 aromatic rings. The Morgan fingerprint density at radius 1 is 1.32 bits per heavy atom. The van der Waals surface area contributed by atoms with Crippen LogP contribution in [0.5, 0.6) is 5.75 Å². The molecule has 0 bridgehead atoms. The molecule has 1 aromatic carbocycles. The third-order valence-corrected chi connectivity index (χ3v) is 5.25. The van der Waals surface area contributed by atoms with Crippen LogP contribution in [0.2, 0.25) is 0 Å². The zero-order valence-electron chi connectivity index (χ0n) is 15.0. The van der Waals surface area contributed by atoms with Crippen molar-refractivity contribution >= 4 is 11.8 Å². The zero-order valence-corrected chi connectivity index (χ0v) is 15.0. The molecule has 0 aromatic heterocycles. The van der Waals surface area contributed by atoms with Gasteiger partial charge in [0.05, 0.1) is 19.7 Å². The van der Waals surface area contributed by atoms with Crippen molar-refractivity contribution in [3.8, 4) is 5.75 Å². The van der Waals surface area contributed by atoms with Gasteiger partial charge in [-0.25, -0.2) is 0 Å². The van der Waals surface area contributed by atoms with E-state index in [1.807, 2.05) is 41.0 Å². The highest BCUT2D eigenvalue weighted by Gasteiger charge is 2.40. The molecular weight excluding hydrogens is 318 g/mol. The van der Waals surface area contributed by atoms with Crippen molar-refractivity contribution in [2.24, 2.45) is 0 Å². The van der Waals surface area contributed by atoms with Gasteiger partial charge in [0.25, 0.3) is 0 Å². The second-order valence-corrected chi connectivity index (χ2v) is 6.88. The molecule has 0 radical (unpaired) electrons. The van der Waals surface area contributed by atoms with E-state index in [9.17, 15) is 9.59 Å². The monoisotopic (exact) mass is 345 g/mol. The van der Waals surface area contributed by atoms with E-state index in [4.69, 9.17) is 4.74 Å². The molecule has 2 aliphatic rings. The Bertz CT molecular complexity index is 617. The molecule has 25 heavy (non-hydrogen) atoms. The summed E-state index contributed by atoms with van der Waals surface area (Å²) < 4.78 is 5.14. The molecule has 6 nitrogen and oxygen atoms in total. The van der Waals surface area contributed by atoms with Crippen LogP contribution in [0, 0.1) is 0 Å². The SMILES string of the molecule is COc1ccc(CCNC(=O)CN2C[C@@H]3CCCN3C(=O)[C@H]2C)cc1. The summed E-state index contributed by atoms with van der Waals surface area (Å²) in [6.07, 6.45) is 2.90. The molecule has 2 heterocycles. The number of hydrogen-bond acceptors (Lipinski definition) is 4. The fourth-order valence-corrected chi connectivity index (χ4v) is 3.72. The average Bonchev–Trinajstić information content (AvgIpc) is 3.08. The standard InChI is InChI=1S/C19H27N3O3/c1-14-19(24)22-11-3-4-16(22)12-21(14)13-18(23)20-10-9-15-5-7-17(25-2)8-6-15/h5-8,14,16H,3-4,9-13H2,1-2H3,(H,20,23)/t14-,16+/m1/s1. The number of hydrogen-bond donors (Lipinski definition) is 1. The lowest BCUT2D eigenvalue weighted by Gasteiger charge is -2.41. The summed E-state index contributed by atoms with van der Waals surface area (Å²) in [4.78, 5) is 28.6. The fraction of sp³-hybridized carbons (Fsp3) is 0.579. The number of amides is 2. The van der Waals surface area contributed by atoms with Crippen LogP contribution >= 0.6 is 0 Å². The lowest BCUT2D eigenvalue weighted by molar-refractivity contribution is -0.144. The summed E-state index contributed by atoms with van der Waals surface area (Å²) in [6.45, 7) is 4.47. The van der Waals surface area contributed by atoms with Crippen LogP contribution in [0.3, 0.4) is 0 Å². The molecule has 2 fully saturated rings. The fourth-order valence-electron chi connectivity index (χ4n) is 3.72. The van der Waals surface area contributed by atoms with Crippen LogP contribution in [0.25, 0.3) is 0 Å². The van der Waals surface area contributed by atoms with E-state index >= 15 is 0 Å². The number of ether oxygens (including phenoxy) is 1. The minimum absolute atomic E-state index is 0.0143. The number of piperazine rings is 1. The maximum Gasteiger partial charge on any atom is 0.239 e. The molecule has 2 aliphatic heterocycles. The van der Waals surface area contributed by atoms with Crippen LogP contribution in [0.15, 0.2) is 24.3 Å². The first-order valence-electron chi connectivity index (χ1n) is 9.02. The van der Waals surface area contributed by atoms with Gasteiger partial charge in [0.2, 0.25) is 11.8 Å². The van der Waals surface area contributed by atoms with E-state index in [2.05, 4.69) is 5.32 Å². The highest BCUT2D eigenvalue weighted by Crippen LogP contribution is 2.25. The first kappa shape index (κ1) is 17.7. The third kappa shape index (κ3) is 4.12. The van der Waals surface area contributed by atoms with Crippen molar-refractivity contribution in [2.45, 2.75) is 38.3 Å². The van der Waals surface area contributed by atoms with Crippen molar-refractivity contribution < 1.29 is 14.3 Å². The summed E-state index contributed by atoms with van der Waals surface area (Å²) in [5.74, 6) is 0.983. The smallest absolute Gasteiger partial charge is 0.239 e. The number of fused-ring (bicyclic) bond motifs is 1. The zero-order chi connectivity index (χ0) is 17.8. The Morgan fingerprint density at radius 2 is 2.08 bits per heavy atom. The Labute approximate surface area is 149 Å². The average molecular weight is 345 g/mol. The van der Waals surface area contributed by atoms with Crippen LogP contribution < -0.4 is 10.1 Å². The Kier molecular flexibility index (Phi) is 5.58. The van der Waals surface area contributed by atoms with Crippen LogP contribution in [0.1, 0.15) is 25.3 Å². The molecule has 0 unspecified atom stereocenters. The quantitative estimate of drug-likeness (QED) is 0.837. The molecule has 0 saturated carbocycles. The summed E-state index contributed by atoms with van der Waals surface area (Å²) in [7, 11) is 1.65. The first-order valence-corrected chi connectivity index (χ1v) is 9.02. The summed E-state index contributed by atoms with van der Waals surface area (Å²) in [6, 6.07) is 7.94. The summed E-state index contributed by atoms with van der Waals surface area (Å²) >= 11 is 0. The Balaban J connectivity index is 1.44. The van der Waals surface area contributed by atoms with Gasteiger partial charge in [-0.2, -0.15) is 0 Å². The van der Waals surface area contributed by atoms with Gasteiger partial charge in [-0.1, -0.05) is 12.1 Å². The topological polar surface area (TPSA) is 61.9 Å². The van der Waals surface area contributed by atoms with Gasteiger partial charge in [-0.15, -0.1) is 0 Å². The maximum absolute atomic E-state index is 12.4. The highest BCUT2D eigenvalue weighted by molar-refractivity contribution is 5.84. The summed E-state index contributed by atoms with van der Waals surface area (Å²) in [5.41, 5.74) is 1.16.